The van der Waals surface area contributed by atoms with E-state index in [9.17, 15) is 71.3 Å². The molecule has 82 heavy (non-hydrogen) atoms. The predicted molar refractivity (Wildman–Crippen MR) is 274 cm³/mol. The van der Waals surface area contributed by atoms with Crippen molar-refractivity contribution in [1.29, 1.82) is 0 Å². The molecule has 4 aliphatic rings. The van der Waals surface area contributed by atoms with Gasteiger partial charge >= 0.3 is 18.1 Å². The summed E-state index contributed by atoms with van der Waals surface area (Å²) < 4.78 is 71.9. The predicted octanol–water partition coefficient (Wildman–Crippen LogP) is -1.17. The number of benzene rings is 2. The van der Waals surface area contributed by atoms with Crippen LogP contribution in [0, 0.1) is 12.7 Å². The van der Waals surface area contributed by atoms with Crippen molar-refractivity contribution < 1.29 is 85.5 Å². The summed E-state index contributed by atoms with van der Waals surface area (Å²) in [6, 6.07) is 6.80. The lowest BCUT2D eigenvalue weighted by Crippen LogP contribution is -2.56. The van der Waals surface area contributed by atoms with Crippen molar-refractivity contribution in [3.63, 3.8) is 0 Å². The van der Waals surface area contributed by atoms with Crippen molar-refractivity contribution in [3.8, 4) is 11.4 Å². The highest BCUT2D eigenvalue weighted by Crippen LogP contribution is 2.48. The van der Waals surface area contributed by atoms with Gasteiger partial charge in [-0.3, -0.25) is 53.0 Å². The largest absolute Gasteiger partial charge is 0.480 e. The first-order valence-corrected chi connectivity index (χ1v) is 25.6. The Hall–Kier alpha value is -8.51. The number of nitrogens with one attached hydrogen (secondary N) is 6. The average molecular weight is 1150 g/mol. The van der Waals surface area contributed by atoms with E-state index in [1.54, 1.807) is 37.3 Å². The van der Waals surface area contributed by atoms with E-state index >= 15 is 4.39 Å². The molecule has 0 radical (unpaired) electrons. The van der Waals surface area contributed by atoms with Gasteiger partial charge in [0.25, 0.3) is 17.4 Å². The number of carbonyl (C=O) groups excluding carboxylic acids is 8. The van der Waals surface area contributed by atoms with Gasteiger partial charge in [0.05, 0.1) is 55.2 Å². The van der Waals surface area contributed by atoms with E-state index in [-0.39, 0.29) is 65.8 Å². The normalized spacial score (nSPS) is 18.4. The summed E-state index contributed by atoms with van der Waals surface area (Å²) in [5.74, 6) is -9.46. The number of imide groups is 1. The second kappa shape index (κ2) is 24.3. The van der Waals surface area contributed by atoms with Crippen LogP contribution in [0.3, 0.4) is 0 Å². The van der Waals surface area contributed by atoms with E-state index in [1.807, 2.05) is 0 Å². The first-order valence-electron chi connectivity index (χ1n) is 25.6. The van der Waals surface area contributed by atoms with Crippen LogP contribution in [0.5, 0.6) is 0 Å². The number of carboxylic acid groups (broad SMARTS) is 1. The second-order valence-corrected chi connectivity index (χ2v) is 19.8. The molecule has 2 aromatic carbocycles. The molecular weight excluding hydrogens is 1090 g/mol. The number of pyridine rings is 2. The molecule has 5 heterocycles. The van der Waals surface area contributed by atoms with Crippen molar-refractivity contribution in [2.45, 2.75) is 94.9 Å². The maximum atomic E-state index is 15.5. The molecule has 1 aliphatic carbocycles. The zero-order valence-electron chi connectivity index (χ0n) is 44.1. The van der Waals surface area contributed by atoms with Gasteiger partial charge in [-0.1, -0.05) is 37.3 Å². The molecule has 0 fully saturated rings. The molecule has 0 spiro atoms. The van der Waals surface area contributed by atoms with Gasteiger partial charge in [0.1, 0.15) is 37.5 Å². The number of hydrogen-bond acceptors (Lipinski definition) is 17. The molecule has 1 unspecified atom stereocenters. The van der Waals surface area contributed by atoms with Gasteiger partial charge in [0.2, 0.25) is 29.5 Å². The maximum absolute atomic E-state index is 15.5. The third kappa shape index (κ3) is 12.2. The van der Waals surface area contributed by atoms with Gasteiger partial charge in [-0.05, 0) is 61.6 Å². The molecule has 9 N–H and O–H groups in total. The van der Waals surface area contributed by atoms with Gasteiger partial charge in [0, 0.05) is 53.7 Å². The molecule has 436 valence electrons. The number of rotatable bonds is 23. The van der Waals surface area contributed by atoms with Crippen LogP contribution in [0.25, 0.3) is 22.3 Å². The Kier molecular flexibility index (Phi) is 17.7. The number of aliphatic hydroxyl groups is 2. The topological polar surface area (TPSA) is 346 Å². The third-order valence-corrected chi connectivity index (χ3v) is 14.7. The summed E-state index contributed by atoms with van der Waals surface area (Å²) in [7, 11) is 1.22. The molecule has 0 saturated heterocycles. The van der Waals surface area contributed by atoms with Crippen LogP contribution in [0.2, 0.25) is 0 Å². The molecule has 7 amide bonds. The average Bonchev–Trinajstić information content (AvgIpc) is 2.07. The van der Waals surface area contributed by atoms with Crippen LogP contribution in [0.15, 0.2) is 59.4 Å². The van der Waals surface area contributed by atoms with Crippen LogP contribution in [0.1, 0.15) is 64.8 Å². The van der Waals surface area contributed by atoms with Gasteiger partial charge in [-0.15, -0.1) is 0 Å². The molecule has 8 rings (SSSR count). The van der Waals surface area contributed by atoms with E-state index < -0.39 is 153 Å². The molecule has 3 aliphatic heterocycles. The molecular formula is C53H56F4N10O15. The van der Waals surface area contributed by atoms with E-state index in [0.717, 1.165) is 23.1 Å². The van der Waals surface area contributed by atoms with E-state index in [0.29, 0.717) is 32.5 Å². The van der Waals surface area contributed by atoms with Crippen molar-refractivity contribution in [1.82, 2.24) is 51.3 Å². The number of carbonyl (C=O) groups is 9. The monoisotopic (exact) mass is 1150 g/mol. The summed E-state index contributed by atoms with van der Waals surface area (Å²) in [6.45, 7) is -2.15. The number of aliphatic carboxylic acids is 1. The Balaban J connectivity index is 0.898. The summed E-state index contributed by atoms with van der Waals surface area (Å²) in [4.78, 5) is 134. The van der Waals surface area contributed by atoms with Crippen LogP contribution < -0.4 is 37.5 Å². The lowest BCUT2D eigenvalue weighted by atomic mass is 9.81. The highest BCUT2D eigenvalue weighted by atomic mass is 19.4. The van der Waals surface area contributed by atoms with Crippen LogP contribution in [-0.2, 0) is 84.2 Å². The number of esters is 1. The number of aromatic nitrogens is 2. The fraction of sp³-hybridized carbons (Fsp3) is 0.415. The summed E-state index contributed by atoms with van der Waals surface area (Å²) in [6.07, 6.45) is -9.01. The van der Waals surface area contributed by atoms with Crippen LogP contribution >= 0.6 is 0 Å². The molecule has 0 bridgehead atoms. The Labute approximate surface area is 462 Å². The summed E-state index contributed by atoms with van der Waals surface area (Å²) in [5, 5.41) is 46.0. The van der Waals surface area contributed by atoms with E-state index in [2.05, 4.69) is 31.9 Å². The van der Waals surface area contributed by atoms with Crippen molar-refractivity contribution in [3.05, 3.63) is 110 Å². The minimum atomic E-state index is -5.26. The number of fused-ring (bicyclic) bond motifs is 5. The molecule has 4 aromatic rings. The first kappa shape index (κ1) is 59.6. The smallest absolute Gasteiger partial charge is 0.418 e. The van der Waals surface area contributed by atoms with Gasteiger partial charge in [-0.2, -0.15) is 13.2 Å². The van der Waals surface area contributed by atoms with Gasteiger partial charge in [-0.25, -0.2) is 14.2 Å². The third-order valence-electron chi connectivity index (χ3n) is 14.7. The minimum absolute atomic E-state index is 0.00331. The summed E-state index contributed by atoms with van der Waals surface area (Å²) >= 11 is 0. The quantitative estimate of drug-likeness (QED) is 0.0161. The molecule has 29 heteroatoms. The highest BCUT2D eigenvalue weighted by molar-refractivity contribution is 6.15. The Morgan fingerprint density at radius 1 is 0.902 bits per heavy atom. The lowest BCUT2D eigenvalue weighted by molar-refractivity contribution is -0.270. The number of aliphatic hydroxyl groups excluding tert-OH is 1. The maximum Gasteiger partial charge on any atom is 0.418 e. The van der Waals surface area contributed by atoms with E-state index in [4.69, 9.17) is 19.6 Å². The Bertz CT molecular complexity index is 3360. The van der Waals surface area contributed by atoms with Crippen molar-refractivity contribution in [2.24, 2.45) is 0 Å². The number of alkyl halides is 3. The number of nitrogens with zero attached hydrogens (tertiary/aromatic N) is 4. The number of hydrogen-bond donors (Lipinski definition) is 9. The first-order chi connectivity index (χ1) is 38.8. The second-order valence-electron chi connectivity index (χ2n) is 19.8. The number of ether oxygens (including phenoxy) is 2. The summed E-state index contributed by atoms with van der Waals surface area (Å²) in [5.41, 5.74) is -0.307. The van der Waals surface area contributed by atoms with E-state index in [1.165, 1.54) is 24.6 Å². The van der Waals surface area contributed by atoms with Crippen molar-refractivity contribution in [2.75, 3.05) is 46.5 Å². The molecule has 2 aromatic heterocycles. The molecule has 6 atom stereocenters. The van der Waals surface area contributed by atoms with Crippen LogP contribution in [0.4, 0.5) is 17.6 Å². The fourth-order valence-electron chi connectivity index (χ4n) is 10.4. The lowest BCUT2D eigenvalue weighted by Gasteiger charge is -2.40. The number of carboxylic acids is 1. The highest BCUT2D eigenvalue weighted by Gasteiger charge is 2.50. The molecule has 25 nitrogen and oxygen atoms in total. The zero-order chi connectivity index (χ0) is 59.5. The molecule has 0 saturated carbocycles. The Morgan fingerprint density at radius 3 is 2.22 bits per heavy atom. The van der Waals surface area contributed by atoms with Crippen molar-refractivity contribution >= 4 is 64.2 Å². The number of halogens is 4. The number of aryl methyl sites for hydroxylation is 1. The number of cyclic esters (lactones) is 1. The minimum Gasteiger partial charge on any atom is -0.480 e. The van der Waals surface area contributed by atoms with Crippen LogP contribution in [-0.4, -0.2) is 165 Å². The zero-order valence-corrected chi connectivity index (χ0v) is 44.1. The standard InChI is InChI=1S/C53H56F4N10O15/c1-4-52(80)30-15-35-45-28(22-66(35)49(77)29(30)23-81-51(52)79)44-34(11-10-27-25(2)31(54)16-32(64-45)43(27)44)65(3)50(78)46(53(55,56)57)82-24-62-38(69)19-60-47(75)33(14-26-8-6-5-7-9-26)63-39(70)20-59-37(68)18-61-48(76)36(17-58-21-42(73)74)67-40(71)12-13-41(67)72/h5-9,12-13,15-16,33-34,36,46,50,58,78,80H,4,10-11,14,17-24H2,1-3H3,(H,59,68)(H,60,75)(H,61,76)(H,62,69)(H,63,70)(H,73,74)/t33-,34-,36-,46+,50?,52-/m0/s1. The Morgan fingerprint density at radius 2 is 1.56 bits per heavy atom. The fourth-order valence-corrected chi connectivity index (χ4v) is 10.4. The SMILES string of the molecule is CC[C@@]1(O)C(=O)OCc2c1cc1n(c2=O)Cc2c-1nc1cc(F)c(C)c3c1c2[C@@H](N(C)C(O)[C@@H](OCNC(=O)CNC(=O)[C@H](Cc1ccccc1)NC(=O)CNC(=O)CNC(=O)[C@H](CNCC(=O)O)N1C(=O)C=CC1=O)C(F)(F)F)CC3. The van der Waals surface area contributed by atoms with Gasteiger partial charge in [0.15, 0.2) is 11.7 Å². The number of likely N-dealkylation sites (N-methyl/N-ethyl adjacent to an activating group) is 1. The number of amides is 7. The van der Waals surface area contributed by atoms with Gasteiger partial charge < -0.3 is 61.3 Å².